The van der Waals surface area contributed by atoms with Gasteiger partial charge in [-0.3, -0.25) is 4.79 Å². The van der Waals surface area contributed by atoms with Crippen LogP contribution in [0.1, 0.15) is 10.4 Å². The lowest BCUT2D eigenvalue weighted by Crippen LogP contribution is -1.96. The van der Waals surface area contributed by atoms with Crippen molar-refractivity contribution in [1.29, 1.82) is 0 Å². The first-order chi connectivity index (χ1) is 6.65. The van der Waals surface area contributed by atoms with Gasteiger partial charge in [0.2, 0.25) is 5.75 Å². The first kappa shape index (κ1) is 10.7. The molecule has 0 aromatic heterocycles. The van der Waals surface area contributed by atoms with E-state index in [0.717, 1.165) is 0 Å². The second-order valence-electron chi connectivity index (χ2n) is 2.48. The molecular formula is C9H9ClO4. The zero-order valence-electron chi connectivity index (χ0n) is 7.70. The van der Waals surface area contributed by atoms with Gasteiger partial charge in [0.05, 0.1) is 24.8 Å². The first-order valence-corrected chi connectivity index (χ1v) is 4.12. The Morgan fingerprint density at radius 1 is 1.36 bits per heavy atom. The molecule has 1 aromatic carbocycles. The second kappa shape index (κ2) is 4.19. The zero-order valence-corrected chi connectivity index (χ0v) is 8.46. The Bertz CT molecular complexity index is 362. The lowest BCUT2D eigenvalue weighted by atomic mass is 10.2. The molecule has 76 valence electrons. The summed E-state index contributed by atoms with van der Waals surface area (Å²) in [5.41, 5.74) is 0.156. The van der Waals surface area contributed by atoms with Crippen LogP contribution in [0.5, 0.6) is 17.2 Å². The molecule has 0 fully saturated rings. The molecule has 0 unspecified atom stereocenters. The number of benzene rings is 1. The van der Waals surface area contributed by atoms with Crippen LogP contribution in [0.25, 0.3) is 0 Å². The Morgan fingerprint density at radius 2 is 1.93 bits per heavy atom. The molecule has 1 rings (SSSR count). The monoisotopic (exact) mass is 216 g/mol. The van der Waals surface area contributed by atoms with Gasteiger partial charge in [0.1, 0.15) is 0 Å². The maximum absolute atomic E-state index is 10.7. The highest BCUT2D eigenvalue weighted by Gasteiger charge is 2.17. The van der Waals surface area contributed by atoms with E-state index >= 15 is 0 Å². The fraction of sp³-hybridized carbons (Fsp3) is 0.222. The van der Waals surface area contributed by atoms with Gasteiger partial charge in [0.15, 0.2) is 17.8 Å². The largest absolute Gasteiger partial charge is 0.504 e. The molecule has 0 saturated carbocycles. The molecule has 0 aliphatic heterocycles. The number of hydrogen-bond acceptors (Lipinski definition) is 4. The molecule has 0 bridgehead atoms. The summed E-state index contributed by atoms with van der Waals surface area (Å²) in [5, 5.41) is 9.54. The van der Waals surface area contributed by atoms with Crippen molar-refractivity contribution < 1.29 is 19.4 Å². The number of carbonyl (C=O) groups excluding carboxylic acids is 1. The smallest absolute Gasteiger partial charge is 0.203 e. The number of methoxy groups -OCH3 is 2. The van der Waals surface area contributed by atoms with E-state index in [0.29, 0.717) is 6.29 Å². The lowest BCUT2D eigenvalue weighted by molar-refractivity contribution is 0.112. The number of aldehydes is 1. The summed E-state index contributed by atoms with van der Waals surface area (Å²) >= 11 is 5.72. The predicted molar refractivity (Wildman–Crippen MR) is 51.6 cm³/mol. The Morgan fingerprint density at radius 3 is 2.36 bits per heavy atom. The topological polar surface area (TPSA) is 55.8 Å². The Balaban J connectivity index is 3.50. The molecule has 1 N–H and O–H groups in total. The second-order valence-corrected chi connectivity index (χ2v) is 2.88. The van der Waals surface area contributed by atoms with Crippen LogP contribution in [-0.2, 0) is 0 Å². The van der Waals surface area contributed by atoms with E-state index in [4.69, 9.17) is 21.1 Å². The standard InChI is InChI=1S/C9H9ClO4/c1-13-8-5(4-11)6(10)3-7(12)9(8)14-2/h3-4,12H,1-2H3. The summed E-state index contributed by atoms with van der Waals surface area (Å²) in [6.07, 6.45) is 0.545. The molecule has 0 saturated heterocycles. The highest BCUT2D eigenvalue weighted by atomic mass is 35.5. The number of carbonyl (C=O) groups is 1. The van der Waals surface area contributed by atoms with Crippen molar-refractivity contribution >= 4 is 17.9 Å². The summed E-state index contributed by atoms with van der Waals surface area (Å²) in [4.78, 5) is 10.7. The minimum absolute atomic E-state index is 0.0963. The summed E-state index contributed by atoms with van der Waals surface area (Å²) in [6, 6.07) is 1.23. The third-order valence-corrected chi connectivity index (χ3v) is 2.04. The van der Waals surface area contributed by atoms with Gasteiger partial charge in [-0.15, -0.1) is 0 Å². The van der Waals surface area contributed by atoms with Crippen LogP contribution in [0.2, 0.25) is 5.02 Å². The van der Waals surface area contributed by atoms with Crippen molar-refractivity contribution in [3.63, 3.8) is 0 Å². The summed E-state index contributed by atoms with van der Waals surface area (Å²) in [7, 11) is 2.72. The van der Waals surface area contributed by atoms with Gasteiger partial charge in [-0.1, -0.05) is 11.6 Å². The fourth-order valence-electron chi connectivity index (χ4n) is 1.12. The highest BCUT2D eigenvalue weighted by molar-refractivity contribution is 6.33. The van der Waals surface area contributed by atoms with Crippen molar-refractivity contribution in [2.75, 3.05) is 14.2 Å². The van der Waals surface area contributed by atoms with Crippen LogP contribution in [-0.4, -0.2) is 25.6 Å². The van der Waals surface area contributed by atoms with Crippen LogP contribution in [0.15, 0.2) is 6.07 Å². The number of rotatable bonds is 3. The number of phenolic OH excluding ortho intramolecular Hbond substituents is 1. The maximum atomic E-state index is 10.7. The summed E-state index contributed by atoms with van der Waals surface area (Å²) in [6.45, 7) is 0. The van der Waals surface area contributed by atoms with Crippen molar-refractivity contribution in [1.82, 2.24) is 0 Å². The van der Waals surface area contributed by atoms with E-state index < -0.39 is 0 Å². The SMILES string of the molecule is COc1c(O)cc(Cl)c(C=O)c1OC. The third-order valence-electron chi connectivity index (χ3n) is 1.73. The number of ether oxygens (including phenoxy) is 2. The molecule has 5 heteroatoms. The van der Waals surface area contributed by atoms with Gasteiger partial charge in [0.25, 0.3) is 0 Å². The van der Waals surface area contributed by atoms with E-state index in [-0.39, 0.29) is 27.8 Å². The molecule has 1 aromatic rings. The van der Waals surface area contributed by atoms with E-state index in [9.17, 15) is 9.90 Å². The van der Waals surface area contributed by atoms with Crippen LogP contribution in [0.3, 0.4) is 0 Å². The molecule has 4 nitrogen and oxygen atoms in total. The molecule has 0 aliphatic rings. The number of hydrogen-bond donors (Lipinski definition) is 1. The molecule has 0 spiro atoms. The van der Waals surface area contributed by atoms with Crippen molar-refractivity contribution in [2.24, 2.45) is 0 Å². The molecule has 0 radical (unpaired) electrons. The average molecular weight is 217 g/mol. The number of halogens is 1. The van der Waals surface area contributed by atoms with Crippen molar-refractivity contribution in [3.8, 4) is 17.2 Å². The Hall–Kier alpha value is -1.42. The maximum Gasteiger partial charge on any atom is 0.203 e. The molecule has 0 atom stereocenters. The zero-order chi connectivity index (χ0) is 10.7. The summed E-state index contributed by atoms with van der Waals surface area (Å²) in [5.74, 6) is 0.0615. The van der Waals surface area contributed by atoms with Gasteiger partial charge >= 0.3 is 0 Å². The molecule has 0 amide bonds. The van der Waals surface area contributed by atoms with Gasteiger partial charge in [-0.05, 0) is 0 Å². The van der Waals surface area contributed by atoms with Gasteiger partial charge in [0, 0.05) is 6.07 Å². The third kappa shape index (κ3) is 1.61. The van der Waals surface area contributed by atoms with E-state index in [2.05, 4.69) is 0 Å². The van der Waals surface area contributed by atoms with Gasteiger partial charge in [-0.2, -0.15) is 0 Å². The minimum Gasteiger partial charge on any atom is -0.504 e. The average Bonchev–Trinajstić information content (AvgIpc) is 2.16. The van der Waals surface area contributed by atoms with Crippen LogP contribution in [0.4, 0.5) is 0 Å². The Kier molecular flexibility index (Phi) is 3.19. The lowest BCUT2D eigenvalue weighted by Gasteiger charge is -2.11. The Labute approximate surface area is 86.0 Å². The van der Waals surface area contributed by atoms with Gasteiger partial charge in [-0.25, -0.2) is 0 Å². The molecule has 0 aliphatic carbocycles. The number of phenols is 1. The van der Waals surface area contributed by atoms with Crippen LogP contribution >= 0.6 is 11.6 Å². The first-order valence-electron chi connectivity index (χ1n) is 3.74. The van der Waals surface area contributed by atoms with Crippen molar-refractivity contribution in [3.05, 3.63) is 16.7 Å². The van der Waals surface area contributed by atoms with E-state index in [1.54, 1.807) is 0 Å². The van der Waals surface area contributed by atoms with E-state index in [1.165, 1.54) is 20.3 Å². The molecule has 0 heterocycles. The summed E-state index contributed by atoms with van der Waals surface area (Å²) < 4.78 is 9.79. The minimum atomic E-state index is -0.167. The normalized spacial score (nSPS) is 9.64. The van der Waals surface area contributed by atoms with Crippen molar-refractivity contribution in [2.45, 2.75) is 0 Å². The van der Waals surface area contributed by atoms with E-state index in [1.807, 2.05) is 0 Å². The predicted octanol–water partition coefficient (Wildman–Crippen LogP) is 1.88. The molecule has 14 heavy (non-hydrogen) atoms. The highest BCUT2D eigenvalue weighted by Crippen LogP contribution is 2.42. The van der Waals surface area contributed by atoms with Crippen LogP contribution < -0.4 is 9.47 Å². The molecular weight excluding hydrogens is 208 g/mol. The van der Waals surface area contributed by atoms with Gasteiger partial charge < -0.3 is 14.6 Å². The fourth-order valence-corrected chi connectivity index (χ4v) is 1.35. The van der Waals surface area contributed by atoms with Crippen LogP contribution in [0, 0.1) is 0 Å². The quantitative estimate of drug-likeness (QED) is 0.784. The number of aromatic hydroxyl groups is 1.